The summed E-state index contributed by atoms with van der Waals surface area (Å²) in [5.74, 6) is -0.0988. The largest absolute Gasteiger partial charge is 0.402 e. The predicted octanol–water partition coefficient (Wildman–Crippen LogP) is 3.86. The standard InChI is InChI=1S/C18H15BrN2O2/c1-21(2)15-9-3-12(4-10-15)11-16-18(22)23-17(20-16)13-5-7-14(19)8-6-13/h3-11H,1-2H3. The van der Waals surface area contributed by atoms with Gasteiger partial charge in [0.25, 0.3) is 0 Å². The first-order valence-electron chi connectivity index (χ1n) is 7.09. The summed E-state index contributed by atoms with van der Waals surface area (Å²) in [5, 5.41) is 0. The molecule has 0 amide bonds. The maximum Gasteiger partial charge on any atom is 0.363 e. The van der Waals surface area contributed by atoms with Crippen LogP contribution < -0.4 is 4.90 Å². The third kappa shape index (κ3) is 3.51. The fourth-order valence-corrected chi connectivity index (χ4v) is 2.42. The second kappa shape index (κ2) is 6.38. The monoisotopic (exact) mass is 370 g/mol. The molecule has 0 bridgehead atoms. The van der Waals surface area contributed by atoms with Crippen molar-refractivity contribution < 1.29 is 9.53 Å². The van der Waals surface area contributed by atoms with Gasteiger partial charge in [-0.05, 0) is 48.0 Å². The van der Waals surface area contributed by atoms with Crippen LogP contribution in [0, 0.1) is 0 Å². The summed E-state index contributed by atoms with van der Waals surface area (Å²) in [6.45, 7) is 0. The number of cyclic esters (lactones) is 1. The Morgan fingerprint density at radius 2 is 1.70 bits per heavy atom. The third-order valence-corrected chi connectivity index (χ3v) is 3.95. The molecule has 0 radical (unpaired) electrons. The minimum Gasteiger partial charge on any atom is -0.402 e. The quantitative estimate of drug-likeness (QED) is 0.608. The summed E-state index contributed by atoms with van der Waals surface area (Å²) in [7, 11) is 3.97. The van der Waals surface area contributed by atoms with E-state index in [1.165, 1.54) is 0 Å². The number of nitrogens with zero attached hydrogens (tertiary/aromatic N) is 2. The number of halogens is 1. The number of carbonyl (C=O) groups is 1. The summed E-state index contributed by atoms with van der Waals surface area (Å²) >= 11 is 3.38. The lowest BCUT2D eigenvalue weighted by molar-refractivity contribution is -0.129. The number of aliphatic imine (C=N–C) groups is 1. The van der Waals surface area contributed by atoms with Crippen LogP contribution in [0.25, 0.3) is 6.08 Å². The van der Waals surface area contributed by atoms with Crippen LogP contribution >= 0.6 is 15.9 Å². The van der Waals surface area contributed by atoms with Crippen LogP contribution in [0.2, 0.25) is 0 Å². The summed E-state index contributed by atoms with van der Waals surface area (Å²) in [6.07, 6.45) is 1.73. The molecule has 2 aromatic rings. The molecule has 5 heteroatoms. The fraction of sp³-hybridized carbons (Fsp3) is 0.111. The number of rotatable bonds is 3. The van der Waals surface area contributed by atoms with Crippen LogP contribution in [0.5, 0.6) is 0 Å². The van der Waals surface area contributed by atoms with Gasteiger partial charge in [-0.1, -0.05) is 28.1 Å². The van der Waals surface area contributed by atoms with E-state index < -0.39 is 5.97 Å². The first-order valence-corrected chi connectivity index (χ1v) is 7.88. The van der Waals surface area contributed by atoms with Crippen molar-refractivity contribution in [2.45, 2.75) is 0 Å². The van der Waals surface area contributed by atoms with Crippen molar-refractivity contribution in [3.63, 3.8) is 0 Å². The molecule has 4 nitrogen and oxygen atoms in total. The molecule has 0 aromatic heterocycles. The molecule has 1 aliphatic rings. The SMILES string of the molecule is CN(C)c1ccc(C=C2N=C(c3ccc(Br)cc3)OC2=O)cc1. The van der Waals surface area contributed by atoms with Crippen molar-refractivity contribution in [2.75, 3.05) is 19.0 Å². The van der Waals surface area contributed by atoms with Crippen molar-refractivity contribution >= 4 is 39.6 Å². The topological polar surface area (TPSA) is 41.9 Å². The average molecular weight is 371 g/mol. The van der Waals surface area contributed by atoms with Crippen molar-refractivity contribution in [1.29, 1.82) is 0 Å². The summed E-state index contributed by atoms with van der Waals surface area (Å²) in [5.41, 5.74) is 3.08. The molecule has 0 saturated heterocycles. The van der Waals surface area contributed by atoms with Gasteiger partial charge in [-0.3, -0.25) is 0 Å². The molecular formula is C18H15BrN2O2. The number of carbonyl (C=O) groups excluding carboxylic acids is 1. The number of ether oxygens (including phenoxy) is 1. The van der Waals surface area contributed by atoms with Crippen LogP contribution in [-0.2, 0) is 9.53 Å². The van der Waals surface area contributed by atoms with E-state index in [-0.39, 0.29) is 0 Å². The highest BCUT2D eigenvalue weighted by atomic mass is 79.9. The lowest BCUT2D eigenvalue weighted by Gasteiger charge is -2.11. The van der Waals surface area contributed by atoms with Gasteiger partial charge < -0.3 is 9.64 Å². The average Bonchev–Trinajstić information content (AvgIpc) is 2.89. The van der Waals surface area contributed by atoms with Crippen molar-refractivity contribution in [3.05, 3.63) is 69.8 Å². The van der Waals surface area contributed by atoms with Gasteiger partial charge in [0.05, 0.1) is 0 Å². The van der Waals surface area contributed by atoms with Crippen molar-refractivity contribution in [2.24, 2.45) is 4.99 Å². The molecular weight excluding hydrogens is 356 g/mol. The Morgan fingerprint density at radius 3 is 2.30 bits per heavy atom. The molecule has 116 valence electrons. The second-order valence-electron chi connectivity index (χ2n) is 5.33. The maximum absolute atomic E-state index is 12.0. The summed E-state index contributed by atoms with van der Waals surface area (Å²) in [4.78, 5) is 18.3. The van der Waals surface area contributed by atoms with Crippen LogP contribution in [-0.4, -0.2) is 26.0 Å². The lowest BCUT2D eigenvalue weighted by atomic mass is 10.1. The molecule has 0 N–H and O–H groups in total. The maximum atomic E-state index is 12.0. The molecule has 0 fully saturated rings. The van der Waals surface area contributed by atoms with Gasteiger partial charge >= 0.3 is 5.97 Å². The minimum atomic E-state index is -0.431. The van der Waals surface area contributed by atoms with Gasteiger partial charge in [-0.15, -0.1) is 0 Å². The highest BCUT2D eigenvalue weighted by Gasteiger charge is 2.23. The zero-order valence-electron chi connectivity index (χ0n) is 12.8. The van der Waals surface area contributed by atoms with Crippen LogP contribution in [0.15, 0.2) is 63.7 Å². The van der Waals surface area contributed by atoms with Crippen LogP contribution in [0.1, 0.15) is 11.1 Å². The van der Waals surface area contributed by atoms with E-state index in [0.717, 1.165) is 21.3 Å². The Balaban J connectivity index is 1.87. The van der Waals surface area contributed by atoms with Crippen LogP contribution in [0.3, 0.4) is 0 Å². The van der Waals surface area contributed by atoms with E-state index in [2.05, 4.69) is 20.9 Å². The first kappa shape index (κ1) is 15.5. The normalized spacial score (nSPS) is 15.5. The van der Waals surface area contributed by atoms with E-state index in [4.69, 9.17) is 4.74 Å². The van der Waals surface area contributed by atoms with E-state index in [1.54, 1.807) is 6.08 Å². The Morgan fingerprint density at radius 1 is 1.04 bits per heavy atom. The van der Waals surface area contributed by atoms with E-state index in [0.29, 0.717) is 11.6 Å². The Kier molecular flexibility index (Phi) is 4.30. The first-order chi connectivity index (χ1) is 11.0. The molecule has 0 saturated carbocycles. The van der Waals surface area contributed by atoms with Crippen molar-refractivity contribution in [3.8, 4) is 0 Å². The zero-order valence-corrected chi connectivity index (χ0v) is 14.4. The Bertz CT molecular complexity index is 791. The highest BCUT2D eigenvalue weighted by Crippen LogP contribution is 2.21. The summed E-state index contributed by atoms with van der Waals surface area (Å²) in [6, 6.07) is 15.3. The number of benzene rings is 2. The highest BCUT2D eigenvalue weighted by molar-refractivity contribution is 9.10. The van der Waals surface area contributed by atoms with E-state index in [1.807, 2.05) is 67.5 Å². The zero-order chi connectivity index (χ0) is 16.4. The van der Waals surface area contributed by atoms with Gasteiger partial charge in [0.2, 0.25) is 5.90 Å². The second-order valence-corrected chi connectivity index (χ2v) is 6.24. The van der Waals surface area contributed by atoms with Gasteiger partial charge in [0, 0.05) is 29.8 Å². The van der Waals surface area contributed by atoms with Gasteiger partial charge in [-0.2, -0.15) is 0 Å². The number of hydrogen-bond acceptors (Lipinski definition) is 4. The fourth-order valence-electron chi connectivity index (χ4n) is 2.15. The van der Waals surface area contributed by atoms with Gasteiger partial charge in [0.15, 0.2) is 5.70 Å². The van der Waals surface area contributed by atoms with Crippen molar-refractivity contribution in [1.82, 2.24) is 0 Å². The Hall–Kier alpha value is -2.40. The van der Waals surface area contributed by atoms with E-state index in [9.17, 15) is 4.79 Å². The Labute approximate surface area is 143 Å². The molecule has 0 spiro atoms. The smallest absolute Gasteiger partial charge is 0.363 e. The number of anilines is 1. The molecule has 0 aliphatic carbocycles. The van der Waals surface area contributed by atoms with Crippen LogP contribution in [0.4, 0.5) is 5.69 Å². The third-order valence-electron chi connectivity index (χ3n) is 3.42. The molecule has 1 aliphatic heterocycles. The number of hydrogen-bond donors (Lipinski definition) is 0. The van der Waals surface area contributed by atoms with Gasteiger partial charge in [0.1, 0.15) is 0 Å². The summed E-state index contributed by atoms with van der Waals surface area (Å²) < 4.78 is 6.21. The minimum absolute atomic E-state index is 0.306. The predicted molar refractivity (Wildman–Crippen MR) is 95.5 cm³/mol. The van der Waals surface area contributed by atoms with E-state index >= 15 is 0 Å². The number of esters is 1. The molecule has 0 atom stereocenters. The molecule has 3 rings (SSSR count). The van der Waals surface area contributed by atoms with Gasteiger partial charge in [-0.25, -0.2) is 9.79 Å². The molecule has 1 heterocycles. The lowest BCUT2D eigenvalue weighted by Crippen LogP contribution is -2.08. The molecule has 2 aromatic carbocycles. The molecule has 0 unspecified atom stereocenters. The molecule has 23 heavy (non-hydrogen) atoms.